The Bertz CT molecular complexity index is 806. The van der Waals surface area contributed by atoms with Gasteiger partial charge in [-0.15, -0.1) is 0 Å². The predicted molar refractivity (Wildman–Crippen MR) is 114 cm³/mol. The van der Waals surface area contributed by atoms with Crippen molar-refractivity contribution in [3.63, 3.8) is 0 Å². The molecule has 2 aliphatic heterocycles. The number of rotatable bonds is 6. The van der Waals surface area contributed by atoms with Crippen molar-refractivity contribution in [3.05, 3.63) is 29.3 Å². The van der Waals surface area contributed by atoms with E-state index in [2.05, 4.69) is 35.0 Å². The number of hydrogen-bond donors (Lipinski definition) is 2. The van der Waals surface area contributed by atoms with Crippen LogP contribution in [0, 0.1) is 6.92 Å². The minimum Gasteiger partial charge on any atom is -0.487 e. The van der Waals surface area contributed by atoms with Crippen LogP contribution in [0.4, 0.5) is 0 Å². The second-order valence-electron chi connectivity index (χ2n) is 9.12. The highest BCUT2D eigenvalue weighted by molar-refractivity contribution is 5.91. The van der Waals surface area contributed by atoms with Crippen LogP contribution in [0.25, 0.3) is 0 Å². The molecule has 0 bridgehead atoms. The smallest absolute Gasteiger partial charge is 0.221 e. The van der Waals surface area contributed by atoms with Crippen LogP contribution in [-0.4, -0.2) is 84.6 Å². The number of fused-ring (bicyclic) bond motifs is 3. The number of ether oxygens (including phenoxy) is 1. The molecule has 1 saturated carbocycles. The molecule has 1 aromatic rings. The highest BCUT2D eigenvalue weighted by atomic mass is 16.5. The van der Waals surface area contributed by atoms with Crippen molar-refractivity contribution in [1.29, 1.82) is 0 Å². The third-order valence-corrected chi connectivity index (χ3v) is 7.03. The van der Waals surface area contributed by atoms with Gasteiger partial charge in [0.05, 0.1) is 6.61 Å². The van der Waals surface area contributed by atoms with Crippen LogP contribution in [0.15, 0.2) is 18.2 Å². The maximum atomic E-state index is 12.7. The van der Waals surface area contributed by atoms with E-state index in [9.17, 15) is 9.59 Å². The second-order valence-corrected chi connectivity index (χ2v) is 9.12. The molecule has 1 saturated heterocycles. The number of benzene rings is 1. The van der Waals surface area contributed by atoms with Crippen LogP contribution in [0.1, 0.15) is 37.3 Å². The molecule has 0 unspecified atom stereocenters. The Morgan fingerprint density at radius 2 is 1.93 bits per heavy atom. The van der Waals surface area contributed by atoms with E-state index >= 15 is 0 Å². The molecule has 0 radical (unpaired) electrons. The predicted octanol–water partition coefficient (Wildman–Crippen LogP) is 0.861. The minimum absolute atomic E-state index is 0.0629. The van der Waals surface area contributed by atoms with E-state index in [-0.39, 0.29) is 29.8 Å². The fourth-order valence-electron chi connectivity index (χ4n) is 5.07. The van der Waals surface area contributed by atoms with E-state index in [1.54, 1.807) is 0 Å². The number of amides is 1. The molecular formula is C23H33N3O4. The summed E-state index contributed by atoms with van der Waals surface area (Å²) in [5, 5.41) is 12.0. The number of piperazine rings is 1. The zero-order valence-corrected chi connectivity index (χ0v) is 18.0. The van der Waals surface area contributed by atoms with E-state index in [0.29, 0.717) is 25.9 Å². The molecule has 3 atom stereocenters. The van der Waals surface area contributed by atoms with Gasteiger partial charge in [-0.1, -0.05) is 24.6 Å². The summed E-state index contributed by atoms with van der Waals surface area (Å²) in [7, 11) is 0. The minimum atomic E-state index is -0.592. The molecule has 2 fully saturated rings. The van der Waals surface area contributed by atoms with Crippen molar-refractivity contribution >= 4 is 11.7 Å². The number of carbonyl (C=O) groups is 2. The maximum absolute atomic E-state index is 12.7. The number of aryl methyl sites for hydroxylation is 1. The van der Waals surface area contributed by atoms with Crippen molar-refractivity contribution in [1.82, 2.24) is 15.1 Å². The van der Waals surface area contributed by atoms with Gasteiger partial charge in [-0.3, -0.25) is 14.5 Å². The Morgan fingerprint density at radius 1 is 1.23 bits per heavy atom. The maximum Gasteiger partial charge on any atom is 0.221 e. The number of hydrogen-bond acceptors (Lipinski definition) is 6. The molecule has 1 aromatic carbocycles. The lowest BCUT2D eigenvalue weighted by atomic mass is 9.67. The lowest BCUT2D eigenvalue weighted by Gasteiger charge is -2.39. The van der Waals surface area contributed by atoms with Crippen LogP contribution in [0.3, 0.4) is 0 Å². The van der Waals surface area contributed by atoms with Gasteiger partial charge in [-0.2, -0.15) is 0 Å². The van der Waals surface area contributed by atoms with E-state index in [0.717, 1.165) is 43.9 Å². The zero-order chi connectivity index (χ0) is 21.3. The van der Waals surface area contributed by atoms with Crippen LogP contribution in [0.5, 0.6) is 5.75 Å². The number of nitrogens with zero attached hydrogens (tertiary/aromatic N) is 2. The molecule has 7 heteroatoms. The monoisotopic (exact) mass is 415 g/mol. The number of nitrogens with one attached hydrogen (secondary N) is 1. The average molecular weight is 416 g/mol. The third-order valence-electron chi connectivity index (χ3n) is 7.03. The van der Waals surface area contributed by atoms with Gasteiger partial charge in [-0.25, -0.2) is 0 Å². The first-order valence-electron chi connectivity index (χ1n) is 11.1. The Kier molecular flexibility index (Phi) is 6.14. The molecule has 7 nitrogen and oxygen atoms in total. The van der Waals surface area contributed by atoms with Crippen molar-refractivity contribution in [3.8, 4) is 5.75 Å². The van der Waals surface area contributed by atoms with Crippen LogP contribution >= 0.6 is 0 Å². The van der Waals surface area contributed by atoms with E-state index in [1.165, 1.54) is 5.56 Å². The number of carbonyl (C=O) groups excluding carboxylic acids is 2. The Balaban J connectivity index is 1.35. The topological polar surface area (TPSA) is 82.1 Å². The molecule has 30 heavy (non-hydrogen) atoms. The summed E-state index contributed by atoms with van der Waals surface area (Å²) in [6.45, 7) is 9.41. The van der Waals surface area contributed by atoms with Gasteiger partial charge in [0.1, 0.15) is 17.9 Å². The Hall–Kier alpha value is -1.96. The van der Waals surface area contributed by atoms with Gasteiger partial charge < -0.3 is 20.1 Å². The van der Waals surface area contributed by atoms with E-state index in [1.807, 2.05) is 12.1 Å². The SMILES string of the molecule is Cc1ccc2c(c1)[C@]1(C)CCC(=O)[C@H](NC(=O)CCN3CCN(CCO)CC3)[C@@H]1O2. The number of β-amino-alcohol motifs (C(OH)–C–C–N with tert-alkyl or cyclic N) is 1. The Labute approximate surface area is 178 Å². The average Bonchev–Trinajstić information content (AvgIpc) is 3.03. The quantitative estimate of drug-likeness (QED) is 0.717. The summed E-state index contributed by atoms with van der Waals surface area (Å²) in [6.07, 6.45) is 1.24. The first kappa shape index (κ1) is 21.3. The standard InChI is InChI=1S/C23H33N3O4/c1-16-3-4-19-17(15-16)23(2)7-5-18(28)21(22(23)30-19)24-20(29)6-8-25-9-11-26(12-10-25)13-14-27/h3-4,15,21-22,27H,5-14H2,1-2H3,(H,24,29)/t21-,22-,23-/m0/s1. The molecule has 4 rings (SSSR count). The fourth-order valence-corrected chi connectivity index (χ4v) is 5.07. The van der Waals surface area contributed by atoms with Crippen molar-refractivity contribution < 1.29 is 19.4 Å². The molecule has 0 spiro atoms. The van der Waals surface area contributed by atoms with Crippen molar-refractivity contribution in [2.24, 2.45) is 0 Å². The molecule has 1 aliphatic carbocycles. The molecule has 0 aromatic heterocycles. The number of Topliss-reactive ketones (excluding diaryl/α,β-unsaturated/α-hetero) is 1. The zero-order valence-electron chi connectivity index (χ0n) is 18.0. The molecule has 3 aliphatic rings. The molecule has 164 valence electrons. The summed E-state index contributed by atoms with van der Waals surface area (Å²) >= 11 is 0. The fraction of sp³-hybridized carbons (Fsp3) is 0.652. The molecule has 2 N–H and O–H groups in total. The first-order valence-corrected chi connectivity index (χ1v) is 11.1. The normalized spacial score (nSPS) is 29.2. The van der Waals surface area contributed by atoms with Crippen LogP contribution in [-0.2, 0) is 15.0 Å². The number of aliphatic hydroxyl groups is 1. The van der Waals surface area contributed by atoms with Gasteiger partial charge in [-0.05, 0) is 19.4 Å². The summed E-state index contributed by atoms with van der Waals surface area (Å²) in [5.74, 6) is 0.807. The third kappa shape index (κ3) is 4.11. The first-order chi connectivity index (χ1) is 14.4. The lowest BCUT2D eigenvalue weighted by molar-refractivity contribution is -0.133. The van der Waals surface area contributed by atoms with E-state index < -0.39 is 6.04 Å². The summed E-state index contributed by atoms with van der Waals surface area (Å²) in [5.41, 5.74) is 2.08. The summed E-state index contributed by atoms with van der Waals surface area (Å²) < 4.78 is 6.21. The van der Waals surface area contributed by atoms with Crippen molar-refractivity contribution in [2.75, 3.05) is 45.9 Å². The van der Waals surface area contributed by atoms with Gasteiger partial charge in [0.2, 0.25) is 5.91 Å². The number of aliphatic hydroxyl groups excluding tert-OH is 1. The highest BCUT2D eigenvalue weighted by Crippen LogP contribution is 2.49. The van der Waals surface area contributed by atoms with Gasteiger partial charge in [0.25, 0.3) is 0 Å². The molecular weight excluding hydrogens is 382 g/mol. The Morgan fingerprint density at radius 3 is 2.63 bits per heavy atom. The van der Waals surface area contributed by atoms with Gasteiger partial charge in [0.15, 0.2) is 5.78 Å². The van der Waals surface area contributed by atoms with Crippen LogP contribution < -0.4 is 10.1 Å². The summed E-state index contributed by atoms with van der Waals surface area (Å²) in [6, 6.07) is 5.56. The van der Waals surface area contributed by atoms with Crippen molar-refractivity contribution in [2.45, 2.75) is 50.7 Å². The largest absolute Gasteiger partial charge is 0.487 e. The molecule has 1 amide bonds. The number of ketones is 1. The van der Waals surface area contributed by atoms with E-state index in [4.69, 9.17) is 9.84 Å². The highest BCUT2D eigenvalue weighted by Gasteiger charge is 2.54. The molecule has 2 heterocycles. The van der Waals surface area contributed by atoms with Gasteiger partial charge in [0, 0.05) is 63.1 Å². The lowest BCUT2D eigenvalue weighted by Crippen LogP contribution is -2.59. The van der Waals surface area contributed by atoms with Crippen LogP contribution in [0.2, 0.25) is 0 Å². The van der Waals surface area contributed by atoms with Gasteiger partial charge >= 0.3 is 0 Å². The second kappa shape index (κ2) is 8.65. The summed E-state index contributed by atoms with van der Waals surface area (Å²) in [4.78, 5) is 29.9.